The molecule has 0 spiro atoms. The third kappa shape index (κ3) is 3.72. The van der Waals surface area contributed by atoms with Crippen molar-refractivity contribution in [2.24, 2.45) is 0 Å². The maximum absolute atomic E-state index is 12.3. The molecule has 2 heterocycles. The van der Waals surface area contributed by atoms with E-state index in [0.717, 1.165) is 0 Å². The van der Waals surface area contributed by atoms with Crippen molar-refractivity contribution in [2.45, 2.75) is 4.90 Å². The van der Waals surface area contributed by atoms with Crippen LogP contribution in [0, 0.1) is 0 Å². The number of sulfonamides is 1. The Balaban J connectivity index is 1.76. The van der Waals surface area contributed by atoms with E-state index >= 15 is 0 Å². The summed E-state index contributed by atoms with van der Waals surface area (Å²) in [5.74, 6) is 0.550. The van der Waals surface area contributed by atoms with Crippen LogP contribution < -0.4 is 9.62 Å². The Hall–Kier alpha value is -1.90. The minimum absolute atomic E-state index is 0.0129. The Morgan fingerprint density at radius 2 is 1.78 bits per heavy atom. The number of hydrogen-bond donors (Lipinski definition) is 1. The molecule has 0 bridgehead atoms. The van der Waals surface area contributed by atoms with Crippen LogP contribution in [0.2, 0.25) is 5.02 Å². The highest BCUT2D eigenvalue weighted by Gasteiger charge is 2.18. The van der Waals surface area contributed by atoms with E-state index in [1.165, 1.54) is 24.5 Å². The van der Waals surface area contributed by atoms with E-state index in [4.69, 9.17) is 16.3 Å². The normalized spacial score (nSPS) is 15.4. The summed E-state index contributed by atoms with van der Waals surface area (Å²) in [5, 5.41) is 0.158. The lowest BCUT2D eigenvalue weighted by molar-refractivity contribution is 0.122. The molecule has 1 fully saturated rings. The summed E-state index contributed by atoms with van der Waals surface area (Å²) in [5.41, 5.74) is 0.280. The molecule has 3 rings (SSSR count). The Morgan fingerprint density at radius 1 is 1.13 bits per heavy atom. The van der Waals surface area contributed by atoms with Crippen molar-refractivity contribution in [3.63, 3.8) is 0 Å². The molecule has 23 heavy (non-hydrogen) atoms. The Labute approximate surface area is 139 Å². The molecule has 1 saturated heterocycles. The highest BCUT2D eigenvalue weighted by Crippen LogP contribution is 2.23. The zero-order valence-electron chi connectivity index (χ0n) is 12.1. The molecule has 0 atom stereocenters. The predicted octanol–water partition coefficient (Wildman–Crippen LogP) is 1.77. The molecule has 1 aliphatic rings. The summed E-state index contributed by atoms with van der Waals surface area (Å²) < 4.78 is 32.4. The van der Waals surface area contributed by atoms with Crippen molar-refractivity contribution in [2.75, 3.05) is 35.9 Å². The summed E-state index contributed by atoms with van der Waals surface area (Å²) >= 11 is 5.93. The van der Waals surface area contributed by atoms with Crippen molar-refractivity contribution in [3.8, 4) is 0 Å². The molecule has 1 aromatic heterocycles. The second kappa shape index (κ2) is 6.69. The first-order chi connectivity index (χ1) is 11.1. The molecule has 2 aromatic rings. The van der Waals surface area contributed by atoms with E-state index in [1.54, 1.807) is 12.1 Å². The molecule has 0 unspecified atom stereocenters. The zero-order valence-corrected chi connectivity index (χ0v) is 13.7. The lowest BCUT2D eigenvalue weighted by Crippen LogP contribution is -2.37. The second-order valence-corrected chi connectivity index (χ2v) is 6.97. The molecule has 1 aromatic carbocycles. The van der Waals surface area contributed by atoms with E-state index in [1.807, 2.05) is 4.90 Å². The molecule has 122 valence electrons. The summed E-state index contributed by atoms with van der Waals surface area (Å²) in [7, 11) is -3.78. The summed E-state index contributed by atoms with van der Waals surface area (Å²) in [6.07, 6.45) is 2.87. The predicted molar refractivity (Wildman–Crippen MR) is 87.3 cm³/mol. The van der Waals surface area contributed by atoms with Gasteiger partial charge < -0.3 is 9.64 Å². The number of nitrogens with zero attached hydrogens (tertiary/aromatic N) is 3. The Morgan fingerprint density at radius 3 is 2.43 bits per heavy atom. The number of halogens is 1. The monoisotopic (exact) mass is 354 g/mol. The minimum Gasteiger partial charge on any atom is -0.378 e. The maximum atomic E-state index is 12.3. The molecule has 0 amide bonds. The number of benzene rings is 1. The molecule has 7 nitrogen and oxygen atoms in total. The first-order valence-corrected chi connectivity index (χ1v) is 8.84. The third-order valence-electron chi connectivity index (χ3n) is 3.31. The summed E-state index contributed by atoms with van der Waals surface area (Å²) in [4.78, 5) is 10.4. The van der Waals surface area contributed by atoms with Gasteiger partial charge in [0.1, 0.15) is 4.90 Å². The summed E-state index contributed by atoms with van der Waals surface area (Å²) in [6.45, 7) is 2.68. The van der Waals surface area contributed by atoms with Crippen molar-refractivity contribution in [1.29, 1.82) is 0 Å². The molecule has 1 N–H and O–H groups in total. The maximum Gasteiger partial charge on any atom is 0.263 e. The Kier molecular flexibility index (Phi) is 4.65. The van der Waals surface area contributed by atoms with E-state index < -0.39 is 10.0 Å². The van der Waals surface area contributed by atoms with Gasteiger partial charge in [-0.1, -0.05) is 23.7 Å². The van der Waals surface area contributed by atoms with Crippen LogP contribution in [0.5, 0.6) is 0 Å². The van der Waals surface area contributed by atoms with Crippen molar-refractivity contribution >= 4 is 33.3 Å². The smallest absolute Gasteiger partial charge is 0.263 e. The van der Waals surface area contributed by atoms with Crippen LogP contribution in [0.3, 0.4) is 0 Å². The highest BCUT2D eigenvalue weighted by atomic mass is 35.5. The lowest BCUT2D eigenvalue weighted by Gasteiger charge is -2.26. The van der Waals surface area contributed by atoms with Crippen LogP contribution in [-0.4, -0.2) is 44.7 Å². The Bertz CT molecular complexity index is 777. The second-order valence-electron chi connectivity index (χ2n) is 4.91. The molecule has 9 heteroatoms. The van der Waals surface area contributed by atoms with Crippen molar-refractivity contribution in [3.05, 3.63) is 41.7 Å². The van der Waals surface area contributed by atoms with Gasteiger partial charge in [-0.2, -0.15) is 0 Å². The third-order valence-corrected chi connectivity index (χ3v) is 5.19. The largest absolute Gasteiger partial charge is 0.378 e. The number of rotatable bonds is 4. The van der Waals surface area contributed by atoms with E-state index in [-0.39, 0.29) is 15.6 Å². The van der Waals surface area contributed by atoms with Gasteiger partial charge in [0.25, 0.3) is 10.0 Å². The van der Waals surface area contributed by atoms with Crippen LogP contribution in [0.4, 0.5) is 11.6 Å². The summed E-state index contributed by atoms with van der Waals surface area (Å²) in [6, 6.07) is 6.24. The SMILES string of the molecule is O=S(=O)(Nc1cnc(N2CCOCC2)nc1)c1ccccc1Cl. The van der Waals surface area contributed by atoms with Crippen LogP contribution >= 0.6 is 11.6 Å². The highest BCUT2D eigenvalue weighted by molar-refractivity contribution is 7.92. The average Bonchev–Trinajstić information content (AvgIpc) is 2.56. The van der Waals surface area contributed by atoms with Gasteiger partial charge in [0, 0.05) is 13.1 Å². The molecule has 0 radical (unpaired) electrons. The standard InChI is InChI=1S/C14H15ClN4O3S/c15-12-3-1-2-4-13(12)23(20,21)18-11-9-16-14(17-10-11)19-5-7-22-8-6-19/h1-4,9-10,18H,5-8H2. The van der Waals surface area contributed by atoms with Gasteiger partial charge in [-0.3, -0.25) is 4.72 Å². The zero-order chi connectivity index (χ0) is 16.3. The van der Waals surface area contributed by atoms with Gasteiger partial charge in [0.15, 0.2) is 0 Å². The van der Waals surface area contributed by atoms with Crippen molar-refractivity contribution < 1.29 is 13.2 Å². The molecule has 0 saturated carbocycles. The van der Waals surface area contributed by atoms with E-state index in [2.05, 4.69) is 14.7 Å². The first kappa shape index (κ1) is 16.0. The minimum atomic E-state index is -3.78. The van der Waals surface area contributed by atoms with Crippen LogP contribution in [0.15, 0.2) is 41.6 Å². The van der Waals surface area contributed by atoms with Crippen LogP contribution in [-0.2, 0) is 14.8 Å². The van der Waals surface area contributed by atoms with Crippen LogP contribution in [0.1, 0.15) is 0 Å². The fourth-order valence-corrected chi connectivity index (χ4v) is 3.72. The molecule has 0 aliphatic carbocycles. The van der Waals surface area contributed by atoms with Crippen molar-refractivity contribution in [1.82, 2.24) is 9.97 Å². The first-order valence-electron chi connectivity index (χ1n) is 6.98. The number of hydrogen-bond acceptors (Lipinski definition) is 6. The van der Waals surface area contributed by atoms with Crippen LogP contribution in [0.25, 0.3) is 0 Å². The number of anilines is 2. The number of ether oxygens (including phenoxy) is 1. The van der Waals surface area contributed by atoms with E-state index in [9.17, 15) is 8.42 Å². The van der Waals surface area contributed by atoms with Gasteiger partial charge in [0.05, 0.1) is 36.3 Å². The van der Waals surface area contributed by atoms with Gasteiger partial charge in [-0.05, 0) is 12.1 Å². The number of morpholine rings is 1. The van der Waals surface area contributed by atoms with Gasteiger partial charge in [-0.15, -0.1) is 0 Å². The quantitative estimate of drug-likeness (QED) is 0.900. The number of aromatic nitrogens is 2. The average molecular weight is 355 g/mol. The lowest BCUT2D eigenvalue weighted by atomic mass is 10.4. The van der Waals surface area contributed by atoms with Gasteiger partial charge >= 0.3 is 0 Å². The molecular formula is C14H15ClN4O3S. The molecule has 1 aliphatic heterocycles. The molecular weight excluding hydrogens is 340 g/mol. The fourth-order valence-electron chi connectivity index (χ4n) is 2.17. The van der Waals surface area contributed by atoms with E-state index in [0.29, 0.717) is 32.3 Å². The van der Waals surface area contributed by atoms with Gasteiger partial charge in [0.2, 0.25) is 5.95 Å². The number of nitrogens with one attached hydrogen (secondary N) is 1. The topological polar surface area (TPSA) is 84.4 Å². The fraction of sp³-hybridized carbons (Fsp3) is 0.286. The van der Waals surface area contributed by atoms with Gasteiger partial charge in [-0.25, -0.2) is 18.4 Å².